The third-order valence-electron chi connectivity index (χ3n) is 3.57. The third-order valence-corrected chi connectivity index (χ3v) is 4.24. The maximum Gasteiger partial charge on any atom is 0.245 e. The van der Waals surface area contributed by atoms with E-state index in [0.717, 1.165) is 11.1 Å². The lowest BCUT2D eigenvalue weighted by Crippen LogP contribution is -2.32. The van der Waals surface area contributed by atoms with Crippen molar-refractivity contribution >= 4 is 29.1 Å². The molecular formula is C17H17Cl2NO. The van der Waals surface area contributed by atoms with Crippen LogP contribution in [0.15, 0.2) is 54.6 Å². The van der Waals surface area contributed by atoms with Crippen LogP contribution in [0.25, 0.3) is 0 Å². The summed E-state index contributed by atoms with van der Waals surface area (Å²) in [6, 6.07) is 16.8. The van der Waals surface area contributed by atoms with E-state index >= 15 is 0 Å². The summed E-state index contributed by atoms with van der Waals surface area (Å²) >= 11 is 12.3. The number of likely N-dealkylation sites (N-methyl/N-ethyl adjacent to an activating group) is 1. The van der Waals surface area contributed by atoms with Gasteiger partial charge in [0.25, 0.3) is 0 Å². The topological polar surface area (TPSA) is 20.3 Å². The molecule has 0 aliphatic carbocycles. The molecule has 0 N–H and O–H groups in total. The highest BCUT2D eigenvalue weighted by molar-refractivity contribution is 6.31. The lowest BCUT2D eigenvalue weighted by molar-refractivity contribution is -0.131. The zero-order valence-electron chi connectivity index (χ0n) is 12.0. The Balaban J connectivity index is 2.15. The second kappa shape index (κ2) is 6.97. The van der Waals surface area contributed by atoms with Crippen molar-refractivity contribution in [3.63, 3.8) is 0 Å². The summed E-state index contributed by atoms with van der Waals surface area (Å²) in [5.41, 5.74) is 1.78. The summed E-state index contributed by atoms with van der Waals surface area (Å²) in [5, 5.41) is -0.0245. The van der Waals surface area contributed by atoms with Gasteiger partial charge in [-0.1, -0.05) is 54.1 Å². The molecule has 2 unspecified atom stereocenters. The largest absolute Gasteiger partial charge is 0.337 e. The molecule has 2 atom stereocenters. The van der Waals surface area contributed by atoms with Crippen LogP contribution in [0.3, 0.4) is 0 Å². The van der Waals surface area contributed by atoms with Crippen LogP contribution in [0.2, 0.25) is 5.02 Å². The van der Waals surface area contributed by atoms with Gasteiger partial charge in [-0.25, -0.2) is 0 Å². The third kappa shape index (κ3) is 3.78. The number of carbonyl (C=O) groups excluding carboxylic acids is 1. The highest BCUT2D eigenvalue weighted by atomic mass is 35.5. The van der Waals surface area contributed by atoms with Gasteiger partial charge in [-0.2, -0.15) is 0 Å². The Hall–Kier alpha value is -1.51. The molecular weight excluding hydrogens is 305 g/mol. The average molecular weight is 322 g/mol. The van der Waals surface area contributed by atoms with E-state index in [4.69, 9.17) is 23.2 Å². The van der Waals surface area contributed by atoms with Crippen molar-refractivity contribution < 1.29 is 4.79 Å². The Bertz CT molecular complexity index is 615. The van der Waals surface area contributed by atoms with Gasteiger partial charge >= 0.3 is 0 Å². The predicted octanol–water partition coefficient (Wildman–Crippen LogP) is 4.84. The highest BCUT2D eigenvalue weighted by Gasteiger charge is 2.25. The standard InChI is InChI=1S/C17H17Cl2NO/c1-12(14-9-6-10-15(18)11-14)20(2)17(21)16(19)13-7-4-3-5-8-13/h3-12,16H,1-2H3. The average Bonchev–Trinajstić information content (AvgIpc) is 2.53. The molecule has 0 heterocycles. The zero-order valence-corrected chi connectivity index (χ0v) is 13.5. The summed E-state index contributed by atoms with van der Waals surface area (Å²) in [7, 11) is 1.76. The number of amides is 1. The van der Waals surface area contributed by atoms with Crippen molar-refractivity contribution in [1.82, 2.24) is 4.90 Å². The van der Waals surface area contributed by atoms with Gasteiger partial charge in [0.2, 0.25) is 5.91 Å². The van der Waals surface area contributed by atoms with Crippen molar-refractivity contribution in [2.75, 3.05) is 7.05 Å². The molecule has 110 valence electrons. The van der Waals surface area contributed by atoms with Gasteiger partial charge in [-0.05, 0) is 30.2 Å². The zero-order chi connectivity index (χ0) is 15.4. The summed E-state index contributed by atoms with van der Waals surface area (Å²) in [6.07, 6.45) is 0. The monoisotopic (exact) mass is 321 g/mol. The van der Waals surface area contributed by atoms with Gasteiger partial charge in [0.05, 0.1) is 6.04 Å². The smallest absolute Gasteiger partial charge is 0.245 e. The van der Waals surface area contributed by atoms with Crippen LogP contribution in [0.4, 0.5) is 0 Å². The van der Waals surface area contributed by atoms with Crippen molar-refractivity contribution in [2.24, 2.45) is 0 Å². The van der Waals surface area contributed by atoms with Crippen LogP contribution >= 0.6 is 23.2 Å². The molecule has 2 aromatic carbocycles. The van der Waals surface area contributed by atoms with Crippen LogP contribution in [0, 0.1) is 0 Å². The molecule has 0 spiro atoms. The number of rotatable bonds is 4. The molecule has 21 heavy (non-hydrogen) atoms. The number of nitrogens with zero attached hydrogens (tertiary/aromatic N) is 1. The van der Waals surface area contributed by atoms with Crippen LogP contribution < -0.4 is 0 Å². The normalized spacial score (nSPS) is 13.5. The molecule has 0 aliphatic rings. The maximum atomic E-state index is 12.5. The molecule has 0 aliphatic heterocycles. The predicted molar refractivity (Wildman–Crippen MR) is 87.7 cm³/mol. The van der Waals surface area contributed by atoms with Crippen LogP contribution in [0.5, 0.6) is 0 Å². The molecule has 0 bridgehead atoms. The van der Waals surface area contributed by atoms with Crippen LogP contribution in [-0.2, 0) is 4.79 Å². The van der Waals surface area contributed by atoms with Crippen molar-refractivity contribution in [3.05, 3.63) is 70.7 Å². The molecule has 0 saturated heterocycles. The van der Waals surface area contributed by atoms with E-state index < -0.39 is 5.38 Å². The van der Waals surface area contributed by atoms with Gasteiger partial charge in [0.15, 0.2) is 0 Å². The molecule has 1 amide bonds. The first-order valence-electron chi connectivity index (χ1n) is 6.72. The van der Waals surface area contributed by atoms with E-state index in [9.17, 15) is 4.79 Å². The second-order valence-corrected chi connectivity index (χ2v) is 5.83. The molecule has 0 aromatic heterocycles. The molecule has 2 rings (SSSR count). The molecule has 2 aromatic rings. The Morgan fingerprint density at radius 1 is 1.05 bits per heavy atom. The lowest BCUT2D eigenvalue weighted by atomic mass is 10.1. The number of benzene rings is 2. The molecule has 2 nitrogen and oxygen atoms in total. The molecule has 0 radical (unpaired) electrons. The fraction of sp³-hybridized carbons (Fsp3) is 0.235. The second-order valence-electron chi connectivity index (χ2n) is 4.95. The minimum Gasteiger partial charge on any atom is -0.337 e. The van der Waals surface area contributed by atoms with Crippen LogP contribution in [0.1, 0.15) is 29.5 Å². The fourth-order valence-corrected chi connectivity index (χ4v) is 2.62. The Morgan fingerprint density at radius 2 is 1.67 bits per heavy atom. The van der Waals surface area contributed by atoms with Gasteiger partial charge in [-0.3, -0.25) is 4.79 Å². The number of halogens is 2. The Labute approximate surface area is 135 Å². The number of alkyl halides is 1. The first kappa shape index (κ1) is 15.9. The first-order valence-corrected chi connectivity index (χ1v) is 7.53. The molecule has 0 fully saturated rings. The van der Waals surface area contributed by atoms with Crippen molar-refractivity contribution in [3.8, 4) is 0 Å². The molecule has 0 saturated carbocycles. The van der Waals surface area contributed by atoms with E-state index in [1.807, 2.05) is 61.5 Å². The van der Waals surface area contributed by atoms with Gasteiger partial charge < -0.3 is 4.90 Å². The van der Waals surface area contributed by atoms with Gasteiger partial charge in [0, 0.05) is 12.1 Å². The number of carbonyl (C=O) groups is 1. The summed E-state index contributed by atoms with van der Waals surface area (Å²) in [4.78, 5) is 14.2. The molecule has 4 heteroatoms. The Kier molecular flexibility index (Phi) is 5.27. The number of hydrogen-bond acceptors (Lipinski definition) is 1. The minimum absolute atomic E-state index is 0.0961. The SMILES string of the molecule is CC(c1cccc(Cl)c1)N(C)C(=O)C(Cl)c1ccccc1. The fourth-order valence-electron chi connectivity index (χ4n) is 2.12. The van der Waals surface area contributed by atoms with E-state index in [1.165, 1.54) is 0 Å². The summed E-state index contributed by atoms with van der Waals surface area (Å²) < 4.78 is 0. The highest BCUT2D eigenvalue weighted by Crippen LogP contribution is 2.28. The van der Waals surface area contributed by atoms with Gasteiger partial charge in [-0.15, -0.1) is 11.6 Å². The van der Waals surface area contributed by atoms with Crippen molar-refractivity contribution in [1.29, 1.82) is 0 Å². The van der Waals surface area contributed by atoms with Crippen molar-refractivity contribution in [2.45, 2.75) is 18.3 Å². The van der Waals surface area contributed by atoms with E-state index in [0.29, 0.717) is 5.02 Å². The summed E-state index contributed by atoms with van der Waals surface area (Å²) in [6.45, 7) is 1.96. The summed E-state index contributed by atoms with van der Waals surface area (Å²) in [5.74, 6) is -0.129. The van der Waals surface area contributed by atoms with Crippen LogP contribution in [-0.4, -0.2) is 17.9 Å². The van der Waals surface area contributed by atoms with E-state index in [2.05, 4.69) is 0 Å². The Morgan fingerprint density at radius 3 is 2.29 bits per heavy atom. The lowest BCUT2D eigenvalue weighted by Gasteiger charge is -2.27. The van der Waals surface area contributed by atoms with E-state index in [1.54, 1.807) is 11.9 Å². The van der Waals surface area contributed by atoms with E-state index in [-0.39, 0.29) is 11.9 Å². The number of hydrogen-bond donors (Lipinski definition) is 0. The van der Waals surface area contributed by atoms with Gasteiger partial charge in [0.1, 0.15) is 5.38 Å². The maximum absolute atomic E-state index is 12.5. The minimum atomic E-state index is -0.683. The quantitative estimate of drug-likeness (QED) is 0.738. The first-order chi connectivity index (χ1) is 10.0.